The summed E-state index contributed by atoms with van der Waals surface area (Å²) >= 11 is 0. The van der Waals surface area contributed by atoms with Crippen LogP contribution in [0.3, 0.4) is 0 Å². The molecule has 0 aromatic carbocycles. The van der Waals surface area contributed by atoms with Gasteiger partial charge in [-0.2, -0.15) is 0 Å². The van der Waals surface area contributed by atoms with Gasteiger partial charge in [-0.3, -0.25) is 0 Å². The van der Waals surface area contributed by atoms with E-state index in [2.05, 4.69) is 15.8 Å². The molecule has 0 heterocycles. The first-order valence-electron chi connectivity index (χ1n) is 1.41. The molecule has 1 atom stereocenters. The topological polar surface area (TPSA) is 0 Å². The van der Waals surface area contributed by atoms with Crippen LogP contribution < -0.4 is 0 Å². The largest absolute Gasteiger partial charge is 0.114 e. The van der Waals surface area contributed by atoms with Crippen molar-refractivity contribution in [3.63, 3.8) is 0 Å². The Morgan fingerprint density at radius 1 is 1.50 bits per heavy atom. The molecule has 36 valence electrons. The van der Waals surface area contributed by atoms with E-state index < -0.39 is 0 Å². The normalized spacial score (nSPS) is 7.50. The van der Waals surface area contributed by atoms with Gasteiger partial charge in [-0.15, -0.1) is 26.2 Å². The summed E-state index contributed by atoms with van der Waals surface area (Å²) in [6.07, 6.45) is 3.58. The summed E-state index contributed by atoms with van der Waals surface area (Å²) in [6, 6.07) is 0. The van der Waals surface area contributed by atoms with Gasteiger partial charge < -0.3 is 0 Å². The summed E-state index contributed by atoms with van der Waals surface area (Å²) in [5.41, 5.74) is 0. The zero-order valence-corrected chi connectivity index (χ0v) is 6.29. The van der Waals surface area contributed by atoms with Gasteiger partial charge in [0.2, 0.25) is 0 Å². The van der Waals surface area contributed by atoms with Crippen molar-refractivity contribution in [2.45, 2.75) is 0 Å². The Morgan fingerprint density at radius 2 is 2.00 bits per heavy atom. The maximum Gasteiger partial charge on any atom is -0.0629 e. The summed E-state index contributed by atoms with van der Waals surface area (Å²) in [4.78, 5) is 0. The molecule has 1 unspecified atom stereocenters. The lowest BCUT2D eigenvalue weighted by molar-refractivity contribution is 2.12. The predicted molar refractivity (Wildman–Crippen MR) is 39.4 cm³/mol. The fourth-order valence-corrected chi connectivity index (χ4v) is 0.236. The molecule has 0 amide bonds. The van der Waals surface area contributed by atoms with Crippen molar-refractivity contribution in [2.75, 3.05) is 0 Å². The molecule has 0 aromatic heterocycles. The van der Waals surface area contributed by atoms with E-state index in [1.807, 2.05) is 11.9 Å². The van der Waals surface area contributed by atoms with Crippen molar-refractivity contribution >= 4 is 26.2 Å². The second-order valence-electron chi connectivity index (χ2n) is 0.621. The van der Waals surface area contributed by atoms with Gasteiger partial charge in [0.25, 0.3) is 0 Å². The van der Waals surface area contributed by atoms with Gasteiger partial charge in [0, 0.05) is 0 Å². The van der Waals surface area contributed by atoms with Crippen LogP contribution in [-0.4, -0.2) is 0 Å². The smallest absolute Gasteiger partial charge is 0.0629 e. The highest BCUT2D eigenvalue weighted by Gasteiger charge is 1.41. The first-order valence-corrected chi connectivity index (χ1v) is 2.07. The minimum absolute atomic E-state index is 0. The second-order valence-corrected chi connectivity index (χ2v) is 1.01. The van der Waals surface area contributed by atoms with Gasteiger partial charge in [-0.25, -0.2) is 0 Å². The van der Waals surface area contributed by atoms with Crippen LogP contribution in [0.15, 0.2) is 24.5 Å². The van der Waals surface area contributed by atoms with Crippen molar-refractivity contribution in [1.82, 2.24) is 0 Å². The van der Waals surface area contributed by atoms with E-state index >= 15 is 0 Å². The van der Waals surface area contributed by atoms with Gasteiger partial charge in [-0.05, 0) is 0 Å². The third-order valence-electron chi connectivity index (χ3n) is 0.247. The van der Waals surface area contributed by atoms with Crippen LogP contribution in [0.25, 0.3) is 0 Å². The molecule has 0 rings (SSSR count). The monoisotopic (exact) mass is 166 g/mol. The Bertz CT molecular complexity index is 49.5. The maximum atomic E-state index is 3.45. The van der Waals surface area contributed by atoms with E-state index in [0.717, 1.165) is 0 Å². The Labute approximate surface area is 51.3 Å². The average molecular weight is 167 g/mol. The summed E-state index contributed by atoms with van der Waals surface area (Å²) in [7, 11) is 2.45. The van der Waals surface area contributed by atoms with Crippen LogP contribution in [-0.2, 0) is 0 Å². The van der Waals surface area contributed by atoms with Gasteiger partial charge in [0.15, 0.2) is 0 Å². The lowest BCUT2D eigenvalue weighted by Gasteiger charge is -1.56. The molecule has 0 saturated carbocycles. The lowest BCUT2D eigenvalue weighted by Crippen LogP contribution is -1.28. The number of allylic oxidation sites excluding steroid dienone is 2. The van der Waals surface area contributed by atoms with Crippen molar-refractivity contribution in [3.8, 4) is 0 Å². The van der Waals surface area contributed by atoms with E-state index in [-0.39, 0.29) is 17.0 Å². The Kier molecular flexibility index (Phi) is 14.5. The van der Waals surface area contributed by atoms with Crippen LogP contribution in [0.1, 0.15) is 0 Å². The van der Waals surface area contributed by atoms with Crippen molar-refractivity contribution in [1.29, 1.82) is 0 Å². The van der Waals surface area contributed by atoms with Gasteiger partial charge in [0.1, 0.15) is 0 Å². The van der Waals surface area contributed by atoms with Crippen LogP contribution >= 0.6 is 26.2 Å². The number of hydrogen-bond donors (Lipinski definition) is 0. The van der Waals surface area contributed by atoms with Gasteiger partial charge in [-0.1, -0.05) is 24.5 Å². The molecule has 0 nitrogen and oxygen atoms in total. The second kappa shape index (κ2) is 9.04. The van der Waals surface area contributed by atoms with Gasteiger partial charge in [0.05, 0.1) is 0 Å². The SMILES string of the molecule is Br.C=C/C=C/P. The van der Waals surface area contributed by atoms with Crippen molar-refractivity contribution < 1.29 is 0 Å². The molecule has 0 aromatic rings. The highest BCUT2D eigenvalue weighted by molar-refractivity contribution is 8.93. The Balaban J connectivity index is 0. The highest BCUT2D eigenvalue weighted by atomic mass is 79.9. The summed E-state index contributed by atoms with van der Waals surface area (Å²) in [5.74, 6) is 1.85. The highest BCUT2D eigenvalue weighted by Crippen LogP contribution is 1.79. The number of hydrogen-bond acceptors (Lipinski definition) is 0. The fraction of sp³-hybridized carbons (Fsp3) is 0. The fourth-order valence-electron chi connectivity index (χ4n) is 0.0786. The molecule has 0 bridgehead atoms. The minimum Gasteiger partial charge on any atom is -0.114 e. The zero-order valence-electron chi connectivity index (χ0n) is 3.42. The zero-order chi connectivity index (χ0) is 4.12. The molecule has 0 radical (unpaired) electrons. The number of halogens is 1. The molecule has 0 aliphatic rings. The van der Waals surface area contributed by atoms with Crippen LogP contribution in [0.5, 0.6) is 0 Å². The van der Waals surface area contributed by atoms with E-state index in [9.17, 15) is 0 Å². The molecule has 0 aliphatic heterocycles. The van der Waals surface area contributed by atoms with Crippen molar-refractivity contribution in [3.05, 3.63) is 24.5 Å². The average Bonchev–Trinajstić information content (AvgIpc) is 1.41. The van der Waals surface area contributed by atoms with Crippen LogP contribution in [0.4, 0.5) is 0 Å². The maximum absolute atomic E-state index is 3.45. The summed E-state index contributed by atoms with van der Waals surface area (Å²) in [5, 5.41) is 0. The first kappa shape index (κ1) is 9.63. The minimum atomic E-state index is 0. The predicted octanol–water partition coefficient (Wildman–Crippen LogP) is 2.14. The molecule has 0 fully saturated rings. The quantitative estimate of drug-likeness (QED) is 0.414. The lowest BCUT2D eigenvalue weighted by atomic mass is 10.6. The van der Waals surface area contributed by atoms with E-state index in [0.29, 0.717) is 0 Å². The summed E-state index contributed by atoms with van der Waals surface area (Å²) < 4.78 is 0. The Morgan fingerprint density at radius 3 is 2.00 bits per heavy atom. The third-order valence-corrected chi connectivity index (χ3v) is 0.469. The van der Waals surface area contributed by atoms with Crippen LogP contribution in [0, 0.1) is 0 Å². The number of rotatable bonds is 1. The molecular formula is C4H8BrP. The molecule has 0 saturated heterocycles. The van der Waals surface area contributed by atoms with Crippen LogP contribution in [0.2, 0.25) is 0 Å². The molecule has 0 N–H and O–H groups in total. The van der Waals surface area contributed by atoms with Crippen molar-refractivity contribution in [2.24, 2.45) is 0 Å². The molecular weight excluding hydrogens is 159 g/mol. The third kappa shape index (κ3) is 8.83. The van der Waals surface area contributed by atoms with E-state index in [1.54, 1.807) is 6.08 Å². The summed E-state index contributed by atoms with van der Waals surface area (Å²) in [6.45, 7) is 3.45. The molecule has 0 spiro atoms. The van der Waals surface area contributed by atoms with E-state index in [4.69, 9.17) is 0 Å². The Hall–Kier alpha value is 0.390. The molecule has 2 heteroatoms. The standard InChI is InChI=1S/C4H7P.BrH/c1-2-3-4-5;/h2-4H,1,5H2;1H/b4-3+;. The van der Waals surface area contributed by atoms with E-state index in [1.165, 1.54) is 0 Å². The molecule has 0 aliphatic carbocycles. The molecule has 6 heavy (non-hydrogen) atoms. The first-order chi connectivity index (χ1) is 2.41. The van der Waals surface area contributed by atoms with Gasteiger partial charge >= 0.3 is 0 Å².